The monoisotopic (exact) mass is 510 g/mol. The summed E-state index contributed by atoms with van der Waals surface area (Å²) < 4.78 is 17.3. The summed E-state index contributed by atoms with van der Waals surface area (Å²) in [7, 11) is 3.81. The van der Waals surface area contributed by atoms with Gasteiger partial charge in [0.1, 0.15) is 11.5 Å². The summed E-state index contributed by atoms with van der Waals surface area (Å²) in [5, 5.41) is 11.3. The number of likely N-dealkylation sites (tertiary alicyclic amines) is 1. The molecule has 2 aromatic rings. The number of carbonyl (C=O) groups excluding carboxylic acids is 2. The minimum absolute atomic E-state index is 0.0515. The Bertz CT molecular complexity index is 1110. The number of carbonyl (C=O) groups is 2. The second kappa shape index (κ2) is 13.1. The normalized spacial score (nSPS) is 16.9. The van der Waals surface area contributed by atoms with Crippen molar-refractivity contribution in [2.24, 2.45) is 0 Å². The molecule has 1 N–H and O–H groups in total. The van der Waals surface area contributed by atoms with Crippen LogP contribution in [-0.4, -0.2) is 73.6 Å². The zero-order chi connectivity index (χ0) is 26.9. The molecule has 1 fully saturated rings. The fourth-order valence-corrected chi connectivity index (χ4v) is 4.14. The van der Waals surface area contributed by atoms with Crippen LogP contribution in [0.3, 0.4) is 0 Å². The van der Waals surface area contributed by atoms with Crippen LogP contribution in [0.4, 0.5) is 0 Å². The Kier molecular flexibility index (Phi) is 9.97. The molecule has 8 nitrogen and oxygen atoms in total. The first-order chi connectivity index (χ1) is 17.8. The molecule has 0 bridgehead atoms. The van der Waals surface area contributed by atoms with Crippen LogP contribution in [-0.2, 0) is 9.59 Å². The van der Waals surface area contributed by atoms with Crippen LogP contribution in [0, 0.1) is 0 Å². The predicted octanol–water partition coefficient (Wildman–Crippen LogP) is 4.65. The lowest BCUT2D eigenvalue weighted by Gasteiger charge is -2.27. The first-order valence-corrected chi connectivity index (χ1v) is 12.9. The average Bonchev–Trinajstić information content (AvgIpc) is 3.15. The number of ketones is 1. The number of rotatable bonds is 13. The van der Waals surface area contributed by atoms with Crippen LogP contribution in [0.15, 0.2) is 48.0 Å². The number of aliphatic hydroxyl groups is 1. The van der Waals surface area contributed by atoms with E-state index in [-0.39, 0.29) is 11.3 Å². The van der Waals surface area contributed by atoms with Crippen molar-refractivity contribution in [3.05, 3.63) is 59.2 Å². The van der Waals surface area contributed by atoms with E-state index < -0.39 is 17.7 Å². The number of benzene rings is 2. The van der Waals surface area contributed by atoms with E-state index in [1.54, 1.807) is 36.4 Å². The molecule has 1 aliphatic rings. The van der Waals surface area contributed by atoms with Gasteiger partial charge in [-0.15, -0.1) is 0 Å². The minimum atomic E-state index is -0.768. The largest absolute Gasteiger partial charge is 0.507 e. The van der Waals surface area contributed by atoms with Crippen molar-refractivity contribution < 1.29 is 28.9 Å². The van der Waals surface area contributed by atoms with Crippen molar-refractivity contribution in [2.75, 3.05) is 47.0 Å². The number of Topliss-reactive ketones (excluding diaryl/α,β-unsaturated/α-hetero) is 1. The first kappa shape index (κ1) is 28.1. The van der Waals surface area contributed by atoms with E-state index in [1.165, 1.54) is 4.90 Å². The van der Waals surface area contributed by atoms with Crippen molar-refractivity contribution >= 4 is 17.4 Å². The number of amides is 1. The molecule has 1 aliphatic heterocycles. The second-order valence-electron chi connectivity index (χ2n) is 9.16. The summed E-state index contributed by atoms with van der Waals surface area (Å²) in [5.74, 6) is 0.231. The lowest BCUT2D eigenvalue weighted by Crippen LogP contribution is -2.35. The number of aliphatic hydroxyl groups excluding tert-OH is 1. The molecule has 2 aromatic carbocycles. The lowest BCUT2D eigenvalue weighted by atomic mass is 9.95. The van der Waals surface area contributed by atoms with Crippen molar-refractivity contribution in [3.63, 3.8) is 0 Å². The quantitative estimate of drug-likeness (QED) is 0.238. The highest BCUT2D eigenvalue weighted by atomic mass is 16.5. The Morgan fingerprint density at radius 3 is 2.22 bits per heavy atom. The van der Waals surface area contributed by atoms with E-state index in [4.69, 9.17) is 14.2 Å². The van der Waals surface area contributed by atoms with Crippen LogP contribution in [0.25, 0.3) is 5.76 Å². The van der Waals surface area contributed by atoms with Crippen LogP contribution < -0.4 is 14.2 Å². The van der Waals surface area contributed by atoms with E-state index in [1.807, 2.05) is 45.8 Å². The molecular weight excluding hydrogens is 472 g/mol. The van der Waals surface area contributed by atoms with Gasteiger partial charge in [-0.1, -0.05) is 19.9 Å². The molecule has 0 aliphatic carbocycles. The van der Waals surface area contributed by atoms with E-state index >= 15 is 0 Å². The molecule has 200 valence electrons. The highest BCUT2D eigenvalue weighted by molar-refractivity contribution is 6.46. The van der Waals surface area contributed by atoms with E-state index in [9.17, 15) is 14.7 Å². The highest BCUT2D eigenvalue weighted by Crippen LogP contribution is 2.42. The van der Waals surface area contributed by atoms with Crippen LogP contribution >= 0.6 is 0 Å². The van der Waals surface area contributed by atoms with Crippen molar-refractivity contribution in [1.29, 1.82) is 0 Å². The molecule has 1 saturated heterocycles. The van der Waals surface area contributed by atoms with E-state index in [2.05, 4.69) is 0 Å². The summed E-state index contributed by atoms with van der Waals surface area (Å²) in [6.45, 7) is 8.36. The molecule has 1 unspecified atom stereocenters. The molecule has 8 heteroatoms. The molecule has 1 heterocycles. The predicted molar refractivity (Wildman–Crippen MR) is 143 cm³/mol. The molecule has 0 radical (unpaired) electrons. The molecular formula is C29H38N2O6. The summed E-state index contributed by atoms with van der Waals surface area (Å²) in [5.41, 5.74) is 1.15. The van der Waals surface area contributed by atoms with Crippen LogP contribution in [0.5, 0.6) is 17.2 Å². The van der Waals surface area contributed by atoms with Gasteiger partial charge in [-0.2, -0.15) is 0 Å². The maximum absolute atomic E-state index is 13.3. The fourth-order valence-electron chi connectivity index (χ4n) is 4.14. The topological polar surface area (TPSA) is 88.5 Å². The lowest BCUT2D eigenvalue weighted by molar-refractivity contribution is -0.140. The molecule has 3 rings (SSSR count). The molecule has 0 spiro atoms. The number of hydrogen-bond acceptors (Lipinski definition) is 7. The van der Waals surface area contributed by atoms with Gasteiger partial charge in [0.2, 0.25) is 0 Å². The Morgan fingerprint density at radius 1 is 0.919 bits per heavy atom. The zero-order valence-electron chi connectivity index (χ0n) is 22.5. The van der Waals surface area contributed by atoms with Gasteiger partial charge in [0, 0.05) is 18.7 Å². The second-order valence-corrected chi connectivity index (χ2v) is 9.16. The summed E-state index contributed by atoms with van der Waals surface area (Å²) in [4.78, 5) is 29.9. The fraction of sp³-hybridized carbons (Fsp3) is 0.448. The summed E-state index contributed by atoms with van der Waals surface area (Å²) in [6.07, 6.45) is 1.73. The number of ether oxygens (including phenoxy) is 3. The molecule has 0 saturated carbocycles. The van der Waals surface area contributed by atoms with E-state index in [0.29, 0.717) is 61.3 Å². The number of hydrogen-bond donors (Lipinski definition) is 1. The van der Waals surface area contributed by atoms with Gasteiger partial charge in [-0.25, -0.2) is 0 Å². The Hall–Kier alpha value is -3.52. The smallest absolute Gasteiger partial charge is 0.295 e. The molecule has 1 amide bonds. The van der Waals surface area contributed by atoms with Gasteiger partial charge in [-0.05, 0) is 75.8 Å². The van der Waals surface area contributed by atoms with Crippen LogP contribution in [0.1, 0.15) is 50.8 Å². The average molecular weight is 511 g/mol. The maximum atomic E-state index is 13.3. The number of likely N-dealkylation sites (N-methyl/N-ethyl adjacent to an activating group) is 1. The van der Waals surface area contributed by atoms with Gasteiger partial charge in [-0.3, -0.25) is 9.59 Å². The zero-order valence-corrected chi connectivity index (χ0v) is 22.5. The summed E-state index contributed by atoms with van der Waals surface area (Å²) >= 11 is 0. The standard InChI is InChI=1S/C29H38N2O6/c1-6-17-36-22-12-9-20(10-13-22)27(32)25-26(31(16-15-30(4)5)29(34)28(25)33)21-11-14-23(37-18-7-2)24(19-21)35-8-3/h9-14,19,26,32H,6-8,15-18H2,1-5H3/b27-25+. The Balaban J connectivity index is 2.10. The molecule has 37 heavy (non-hydrogen) atoms. The maximum Gasteiger partial charge on any atom is 0.295 e. The van der Waals surface area contributed by atoms with Gasteiger partial charge in [0.25, 0.3) is 11.7 Å². The third-order valence-electron chi connectivity index (χ3n) is 5.97. The van der Waals surface area contributed by atoms with Crippen LogP contribution in [0.2, 0.25) is 0 Å². The summed E-state index contributed by atoms with van der Waals surface area (Å²) in [6, 6.07) is 11.5. The SMILES string of the molecule is CCCOc1ccc(/C(O)=C2\C(=O)C(=O)N(CCN(C)C)C2c2ccc(OCCC)c(OCC)c2)cc1. The van der Waals surface area contributed by atoms with Crippen molar-refractivity contribution in [2.45, 2.75) is 39.7 Å². The van der Waals surface area contributed by atoms with Gasteiger partial charge >= 0.3 is 0 Å². The van der Waals surface area contributed by atoms with E-state index in [0.717, 1.165) is 12.8 Å². The molecule has 1 atom stereocenters. The minimum Gasteiger partial charge on any atom is -0.507 e. The first-order valence-electron chi connectivity index (χ1n) is 12.9. The highest BCUT2D eigenvalue weighted by Gasteiger charge is 2.46. The third-order valence-corrected chi connectivity index (χ3v) is 5.97. The third kappa shape index (κ3) is 6.63. The molecule has 0 aromatic heterocycles. The number of nitrogens with zero attached hydrogens (tertiary/aromatic N) is 2. The van der Waals surface area contributed by atoms with Gasteiger partial charge < -0.3 is 29.1 Å². The van der Waals surface area contributed by atoms with Gasteiger partial charge in [0.15, 0.2) is 11.5 Å². The van der Waals surface area contributed by atoms with Crippen molar-refractivity contribution in [1.82, 2.24) is 9.80 Å². The van der Waals surface area contributed by atoms with Gasteiger partial charge in [0.05, 0.1) is 31.4 Å². The Labute approximate surface area is 219 Å². The Morgan fingerprint density at radius 2 is 1.59 bits per heavy atom. The van der Waals surface area contributed by atoms with Crippen molar-refractivity contribution in [3.8, 4) is 17.2 Å².